The SMILES string of the molecule is CCn1nccc1C(C)NC(=O)c1noc(C)c1COc1cc(C)cc(C)c1. The molecule has 0 aliphatic carbocycles. The first-order valence-electron chi connectivity index (χ1n) is 9.37. The number of benzene rings is 1. The van der Waals surface area contributed by atoms with E-state index in [-0.39, 0.29) is 24.2 Å². The highest BCUT2D eigenvalue weighted by Crippen LogP contribution is 2.21. The summed E-state index contributed by atoms with van der Waals surface area (Å²) in [5, 5.41) is 11.2. The highest BCUT2D eigenvalue weighted by atomic mass is 16.5. The molecule has 0 spiro atoms. The van der Waals surface area contributed by atoms with Gasteiger partial charge in [0.1, 0.15) is 18.1 Å². The Hall–Kier alpha value is -3.09. The molecule has 7 heteroatoms. The summed E-state index contributed by atoms with van der Waals surface area (Å²) in [6, 6.07) is 7.69. The van der Waals surface area contributed by atoms with Crippen LogP contribution in [-0.2, 0) is 13.2 Å². The first-order chi connectivity index (χ1) is 13.4. The highest BCUT2D eigenvalue weighted by molar-refractivity contribution is 5.94. The lowest BCUT2D eigenvalue weighted by molar-refractivity contribution is 0.0927. The van der Waals surface area contributed by atoms with Gasteiger partial charge in [0.15, 0.2) is 5.69 Å². The minimum Gasteiger partial charge on any atom is -0.489 e. The molecule has 1 atom stereocenters. The van der Waals surface area contributed by atoms with Crippen LogP contribution in [0.25, 0.3) is 0 Å². The molecule has 2 aromatic heterocycles. The van der Waals surface area contributed by atoms with E-state index in [2.05, 4.69) is 21.6 Å². The molecule has 0 saturated carbocycles. The third kappa shape index (κ3) is 4.24. The average molecular weight is 382 g/mol. The van der Waals surface area contributed by atoms with E-state index in [0.717, 1.165) is 29.1 Å². The number of hydrogen-bond donors (Lipinski definition) is 1. The van der Waals surface area contributed by atoms with Gasteiger partial charge in [0.25, 0.3) is 5.91 Å². The Morgan fingerprint density at radius 2 is 1.96 bits per heavy atom. The molecule has 0 saturated heterocycles. The summed E-state index contributed by atoms with van der Waals surface area (Å²) >= 11 is 0. The quantitative estimate of drug-likeness (QED) is 0.670. The minimum absolute atomic E-state index is 0.208. The number of ether oxygens (including phenoxy) is 1. The summed E-state index contributed by atoms with van der Waals surface area (Å²) in [4.78, 5) is 12.8. The third-order valence-corrected chi connectivity index (χ3v) is 4.62. The van der Waals surface area contributed by atoms with Crippen LogP contribution >= 0.6 is 0 Å². The summed E-state index contributed by atoms with van der Waals surface area (Å²) in [6.07, 6.45) is 1.73. The van der Waals surface area contributed by atoms with E-state index < -0.39 is 0 Å². The van der Waals surface area contributed by atoms with Gasteiger partial charge < -0.3 is 14.6 Å². The molecule has 0 radical (unpaired) electrons. The molecule has 1 unspecified atom stereocenters. The van der Waals surface area contributed by atoms with Crippen molar-refractivity contribution in [1.29, 1.82) is 0 Å². The first-order valence-corrected chi connectivity index (χ1v) is 9.37. The van der Waals surface area contributed by atoms with Gasteiger partial charge in [-0.1, -0.05) is 11.2 Å². The normalized spacial score (nSPS) is 12.0. The lowest BCUT2D eigenvalue weighted by Gasteiger charge is -2.15. The minimum atomic E-state index is -0.299. The predicted octanol–water partition coefficient (Wildman–Crippen LogP) is 3.89. The van der Waals surface area contributed by atoms with Crippen LogP contribution < -0.4 is 10.1 Å². The Morgan fingerprint density at radius 3 is 2.64 bits per heavy atom. The standard InChI is InChI=1S/C21H26N4O3/c1-6-25-19(7-8-22-25)15(4)23-21(26)20-18(16(5)28-24-20)12-27-17-10-13(2)9-14(3)11-17/h7-11,15H,6,12H2,1-5H3,(H,23,26). The van der Waals surface area contributed by atoms with E-state index in [4.69, 9.17) is 9.26 Å². The second kappa shape index (κ2) is 8.29. The van der Waals surface area contributed by atoms with Crippen molar-refractivity contribution >= 4 is 5.91 Å². The van der Waals surface area contributed by atoms with Crippen LogP contribution in [0.15, 0.2) is 35.0 Å². The maximum atomic E-state index is 12.8. The van der Waals surface area contributed by atoms with E-state index in [1.807, 2.05) is 50.6 Å². The average Bonchev–Trinajstić information content (AvgIpc) is 3.25. The van der Waals surface area contributed by atoms with Crippen LogP contribution in [-0.4, -0.2) is 20.8 Å². The molecular weight excluding hydrogens is 356 g/mol. The molecule has 1 N–H and O–H groups in total. The third-order valence-electron chi connectivity index (χ3n) is 4.62. The smallest absolute Gasteiger partial charge is 0.274 e. The molecule has 3 aromatic rings. The second-order valence-corrected chi connectivity index (χ2v) is 6.94. The zero-order valence-electron chi connectivity index (χ0n) is 16.9. The first kappa shape index (κ1) is 19.7. The van der Waals surface area contributed by atoms with Crippen LogP contribution in [0.2, 0.25) is 0 Å². The molecule has 28 heavy (non-hydrogen) atoms. The van der Waals surface area contributed by atoms with E-state index in [0.29, 0.717) is 11.3 Å². The molecule has 7 nitrogen and oxygen atoms in total. The van der Waals surface area contributed by atoms with Crippen molar-refractivity contribution in [3.63, 3.8) is 0 Å². The summed E-state index contributed by atoms with van der Waals surface area (Å²) in [5.41, 5.74) is 4.07. The number of amides is 1. The molecule has 0 fully saturated rings. The van der Waals surface area contributed by atoms with Crippen molar-refractivity contribution in [2.75, 3.05) is 0 Å². The number of carbonyl (C=O) groups is 1. The lowest BCUT2D eigenvalue weighted by Crippen LogP contribution is -2.29. The molecule has 0 aliphatic heterocycles. The Kier molecular flexibility index (Phi) is 5.82. The van der Waals surface area contributed by atoms with Gasteiger partial charge in [0, 0.05) is 12.7 Å². The van der Waals surface area contributed by atoms with Crippen molar-refractivity contribution in [3.8, 4) is 5.75 Å². The Labute approximate surface area is 164 Å². The monoisotopic (exact) mass is 382 g/mol. The Morgan fingerprint density at radius 1 is 1.25 bits per heavy atom. The van der Waals surface area contributed by atoms with Gasteiger partial charge in [0.05, 0.1) is 17.3 Å². The van der Waals surface area contributed by atoms with Gasteiger partial charge in [-0.2, -0.15) is 5.10 Å². The van der Waals surface area contributed by atoms with Gasteiger partial charge in [-0.15, -0.1) is 0 Å². The molecular formula is C21H26N4O3. The molecule has 3 rings (SSSR count). The Balaban J connectivity index is 1.73. The summed E-state index contributed by atoms with van der Waals surface area (Å²) < 4.78 is 13.0. The number of rotatable bonds is 7. The van der Waals surface area contributed by atoms with Gasteiger partial charge in [-0.05, 0) is 63.9 Å². The number of nitrogens with one attached hydrogen (secondary N) is 1. The number of hydrogen-bond acceptors (Lipinski definition) is 5. The maximum absolute atomic E-state index is 12.8. The van der Waals surface area contributed by atoms with Crippen LogP contribution in [0.4, 0.5) is 0 Å². The van der Waals surface area contributed by atoms with E-state index in [9.17, 15) is 4.79 Å². The molecule has 0 bridgehead atoms. The van der Waals surface area contributed by atoms with E-state index in [1.165, 1.54) is 0 Å². The number of carbonyl (C=O) groups excluding carboxylic acids is 1. The summed E-state index contributed by atoms with van der Waals surface area (Å²) in [6.45, 7) is 10.7. The van der Waals surface area contributed by atoms with E-state index in [1.54, 1.807) is 13.1 Å². The van der Waals surface area contributed by atoms with E-state index >= 15 is 0 Å². The summed E-state index contributed by atoms with van der Waals surface area (Å²) in [5.74, 6) is 1.03. The molecule has 2 heterocycles. The fraction of sp³-hybridized carbons (Fsp3) is 0.381. The van der Waals surface area contributed by atoms with Crippen LogP contribution in [0.3, 0.4) is 0 Å². The second-order valence-electron chi connectivity index (χ2n) is 6.94. The topological polar surface area (TPSA) is 82.2 Å². The molecule has 1 amide bonds. The van der Waals surface area contributed by atoms with Gasteiger partial charge in [-0.25, -0.2) is 0 Å². The van der Waals surface area contributed by atoms with Crippen molar-refractivity contribution in [1.82, 2.24) is 20.3 Å². The maximum Gasteiger partial charge on any atom is 0.274 e. The Bertz CT molecular complexity index is 954. The van der Waals surface area contributed by atoms with Crippen LogP contribution in [0.1, 0.15) is 58.5 Å². The highest BCUT2D eigenvalue weighted by Gasteiger charge is 2.23. The number of aryl methyl sites for hydroxylation is 4. The lowest BCUT2D eigenvalue weighted by atomic mass is 10.1. The fourth-order valence-corrected chi connectivity index (χ4v) is 3.23. The van der Waals surface area contributed by atoms with Gasteiger partial charge in [0.2, 0.25) is 0 Å². The fourth-order valence-electron chi connectivity index (χ4n) is 3.23. The summed E-state index contributed by atoms with van der Waals surface area (Å²) in [7, 11) is 0. The van der Waals surface area contributed by atoms with Crippen molar-refractivity contribution in [3.05, 3.63) is 64.3 Å². The van der Waals surface area contributed by atoms with Crippen molar-refractivity contribution in [2.45, 2.75) is 53.8 Å². The number of nitrogens with zero attached hydrogens (tertiary/aromatic N) is 3. The molecule has 148 valence electrons. The predicted molar refractivity (Wildman–Crippen MR) is 105 cm³/mol. The molecule has 0 aliphatic rings. The van der Waals surface area contributed by atoms with Gasteiger partial charge >= 0.3 is 0 Å². The molecule has 1 aromatic carbocycles. The van der Waals surface area contributed by atoms with Crippen LogP contribution in [0, 0.1) is 20.8 Å². The van der Waals surface area contributed by atoms with Crippen molar-refractivity contribution < 1.29 is 14.1 Å². The largest absolute Gasteiger partial charge is 0.489 e. The number of aromatic nitrogens is 3. The van der Waals surface area contributed by atoms with Crippen LogP contribution in [0.5, 0.6) is 5.75 Å². The zero-order valence-corrected chi connectivity index (χ0v) is 16.9. The van der Waals surface area contributed by atoms with Gasteiger partial charge in [-0.3, -0.25) is 9.48 Å². The zero-order chi connectivity index (χ0) is 20.3. The van der Waals surface area contributed by atoms with Crippen molar-refractivity contribution in [2.24, 2.45) is 0 Å².